The topological polar surface area (TPSA) is 94.8 Å². The van der Waals surface area contributed by atoms with Crippen LogP contribution in [0.4, 0.5) is 0 Å². The van der Waals surface area contributed by atoms with Crippen LogP contribution >= 0.6 is 11.3 Å². The number of nitrogens with zero attached hydrogens (tertiary/aromatic N) is 2. The van der Waals surface area contributed by atoms with E-state index in [0.717, 1.165) is 28.7 Å². The number of sulfone groups is 1. The molecule has 9 heteroatoms. The van der Waals surface area contributed by atoms with E-state index in [9.17, 15) is 18.0 Å². The third-order valence-corrected chi connectivity index (χ3v) is 6.78. The highest BCUT2D eigenvalue weighted by Crippen LogP contribution is 2.22. The van der Waals surface area contributed by atoms with Crippen molar-refractivity contribution in [3.05, 3.63) is 57.9 Å². The third-order valence-electron chi connectivity index (χ3n) is 4.63. The number of carbonyl (C=O) groups is 2. The lowest BCUT2D eigenvalue weighted by atomic mass is 10.1. The summed E-state index contributed by atoms with van der Waals surface area (Å²) in [6.45, 7) is 5.68. The van der Waals surface area contributed by atoms with E-state index in [1.54, 1.807) is 29.7 Å². The molecule has 1 heterocycles. The fourth-order valence-electron chi connectivity index (χ4n) is 2.88. The van der Waals surface area contributed by atoms with E-state index in [2.05, 4.69) is 4.99 Å². The molecule has 1 aromatic heterocycles. The quantitative estimate of drug-likeness (QED) is 0.562. The molecule has 0 aliphatic rings. The minimum atomic E-state index is -3.40. The number of ether oxygens (including phenoxy) is 1. The van der Waals surface area contributed by atoms with Gasteiger partial charge >= 0.3 is 5.97 Å². The Labute approximate surface area is 178 Å². The highest BCUT2D eigenvalue weighted by molar-refractivity contribution is 7.90. The van der Waals surface area contributed by atoms with Crippen molar-refractivity contribution < 1.29 is 22.7 Å². The molecule has 0 spiro atoms. The SMILES string of the molecule is CCOC(=O)Cn1c(=NC(=O)c2ccc(C)c(C)c2)sc2cc(S(C)(=O)=O)ccc21. The molecule has 0 saturated heterocycles. The van der Waals surface area contributed by atoms with Gasteiger partial charge in [-0.1, -0.05) is 17.4 Å². The molecule has 0 fully saturated rings. The maximum absolute atomic E-state index is 12.8. The number of rotatable bonds is 5. The van der Waals surface area contributed by atoms with Gasteiger partial charge in [0, 0.05) is 11.8 Å². The van der Waals surface area contributed by atoms with E-state index < -0.39 is 21.7 Å². The average Bonchev–Trinajstić information content (AvgIpc) is 2.99. The summed E-state index contributed by atoms with van der Waals surface area (Å²) in [5.41, 5.74) is 3.09. The molecule has 7 nitrogen and oxygen atoms in total. The Balaban J connectivity index is 2.17. The molecule has 0 unspecified atom stereocenters. The molecule has 0 atom stereocenters. The summed E-state index contributed by atoms with van der Waals surface area (Å²) in [6.07, 6.45) is 1.13. The number of fused-ring (bicyclic) bond motifs is 1. The normalized spacial score (nSPS) is 12.3. The monoisotopic (exact) mass is 446 g/mol. The Morgan fingerprint density at radius 3 is 2.47 bits per heavy atom. The maximum Gasteiger partial charge on any atom is 0.326 e. The first-order chi connectivity index (χ1) is 14.1. The molecule has 2 aromatic carbocycles. The predicted molar refractivity (Wildman–Crippen MR) is 115 cm³/mol. The van der Waals surface area contributed by atoms with Crippen LogP contribution < -0.4 is 4.80 Å². The van der Waals surface area contributed by atoms with Gasteiger partial charge in [0.2, 0.25) is 0 Å². The molecule has 0 bridgehead atoms. The van der Waals surface area contributed by atoms with Crippen LogP contribution in [0.5, 0.6) is 0 Å². The van der Waals surface area contributed by atoms with Crippen LogP contribution in [0.25, 0.3) is 10.2 Å². The van der Waals surface area contributed by atoms with Gasteiger partial charge in [-0.25, -0.2) is 8.42 Å². The number of aryl methyl sites for hydroxylation is 2. The van der Waals surface area contributed by atoms with Gasteiger partial charge < -0.3 is 9.30 Å². The van der Waals surface area contributed by atoms with Crippen molar-refractivity contribution in [2.75, 3.05) is 12.9 Å². The lowest BCUT2D eigenvalue weighted by molar-refractivity contribution is -0.143. The van der Waals surface area contributed by atoms with Crippen LogP contribution in [-0.2, 0) is 25.9 Å². The average molecular weight is 447 g/mol. The minimum absolute atomic E-state index is 0.134. The largest absolute Gasteiger partial charge is 0.465 e. The zero-order valence-electron chi connectivity index (χ0n) is 17.1. The Morgan fingerprint density at radius 2 is 1.83 bits per heavy atom. The van der Waals surface area contributed by atoms with Gasteiger partial charge in [0.25, 0.3) is 5.91 Å². The van der Waals surface area contributed by atoms with Crippen molar-refractivity contribution in [2.45, 2.75) is 32.2 Å². The van der Waals surface area contributed by atoms with E-state index in [1.807, 2.05) is 19.9 Å². The van der Waals surface area contributed by atoms with E-state index >= 15 is 0 Å². The summed E-state index contributed by atoms with van der Waals surface area (Å²) in [7, 11) is -3.40. The van der Waals surface area contributed by atoms with Crippen molar-refractivity contribution in [1.29, 1.82) is 0 Å². The van der Waals surface area contributed by atoms with Gasteiger partial charge in [-0.15, -0.1) is 0 Å². The van der Waals surface area contributed by atoms with Crippen LogP contribution in [0.1, 0.15) is 28.4 Å². The lowest BCUT2D eigenvalue weighted by Gasteiger charge is -2.06. The van der Waals surface area contributed by atoms with E-state index in [1.165, 1.54) is 12.1 Å². The van der Waals surface area contributed by atoms with Crippen molar-refractivity contribution in [1.82, 2.24) is 4.57 Å². The highest BCUT2D eigenvalue weighted by atomic mass is 32.2. The molecule has 158 valence electrons. The van der Waals surface area contributed by atoms with Gasteiger partial charge in [-0.2, -0.15) is 4.99 Å². The molecule has 3 rings (SSSR count). The third kappa shape index (κ3) is 4.68. The zero-order valence-corrected chi connectivity index (χ0v) is 18.8. The first-order valence-corrected chi connectivity index (χ1v) is 12.0. The predicted octanol–water partition coefficient (Wildman–Crippen LogP) is 3.03. The van der Waals surface area contributed by atoms with E-state index in [-0.39, 0.29) is 18.0 Å². The Kier molecular flexibility index (Phi) is 6.23. The van der Waals surface area contributed by atoms with Crippen molar-refractivity contribution in [3.63, 3.8) is 0 Å². The van der Waals surface area contributed by atoms with Gasteiger partial charge in [0.15, 0.2) is 14.6 Å². The number of carbonyl (C=O) groups excluding carboxylic acids is 2. The van der Waals surface area contributed by atoms with Gasteiger partial charge in [-0.05, 0) is 62.2 Å². The van der Waals surface area contributed by atoms with Crippen LogP contribution in [0, 0.1) is 13.8 Å². The van der Waals surface area contributed by atoms with Gasteiger partial charge in [0.05, 0.1) is 21.7 Å². The van der Waals surface area contributed by atoms with Crippen molar-refractivity contribution >= 4 is 43.3 Å². The van der Waals surface area contributed by atoms with E-state index in [0.29, 0.717) is 20.6 Å². The lowest BCUT2D eigenvalue weighted by Crippen LogP contribution is -2.23. The number of benzene rings is 2. The first kappa shape index (κ1) is 21.9. The minimum Gasteiger partial charge on any atom is -0.465 e. The molecule has 30 heavy (non-hydrogen) atoms. The second kappa shape index (κ2) is 8.53. The summed E-state index contributed by atoms with van der Waals surface area (Å²) < 4.78 is 31.0. The number of hydrogen-bond donors (Lipinski definition) is 0. The highest BCUT2D eigenvalue weighted by Gasteiger charge is 2.16. The second-order valence-corrected chi connectivity index (χ2v) is 9.92. The second-order valence-electron chi connectivity index (χ2n) is 6.89. The Bertz CT molecular complexity index is 1320. The first-order valence-electron chi connectivity index (χ1n) is 9.25. The number of amides is 1. The van der Waals surface area contributed by atoms with Crippen molar-refractivity contribution in [2.24, 2.45) is 4.99 Å². The number of thiazole rings is 1. The summed E-state index contributed by atoms with van der Waals surface area (Å²) in [6, 6.07) is 9.94. The smallest absolute Gasteiger partial charge is 0.326 e. The van der Waals surface area contributed by atoms with Gasteiger partial charge in [-0.3, -0.25) is 9.59 Å². The van der Waals surface area contributed by atoms with Crippen LogP contribution in [-0.4, -0.2) is 37.7 Å². The standard InChI is InChI=1S/C21H22N2O5S2/c1-5-28-19(24)12-23-17-9-8-16(30(4,26)27)11-18(17)29-21(23)22-20(25)15-7-6-13(2)14(3)10-15/h6-11H,5,12H2,1-4H3. The van der Waals surface area contributed by atoms with Crippen LogP contribution in [0.15, 0.2) is 46.3 Å². The fraction of sp³-hybridized carbons (Fsp3) is 0.286. The fourth-order valence-corrected chi connectivity index (χ4v) is 4.67. The Hall–Kier alpha value is -2.78. The van der Waals surface area contributed by atoms with Gasteiger partial charge in [0.1, 0.15) is 6.54 Å². The van der Waals surface area contributed by atoms with E-state index in [4.69, 9.17) is 4.74 Å². The summed E-state index contributed by atoms with van der Waals surface area (Å²) in [5, 5.41) is 0. The molecule has 0 saturated carbocycles. The molecule has 0 aliphatic carbocycles. The number of hydrogen-bond acceptors (Lipinski definition) is 6. The van der Waals surface area contributed by atoms with Crippen LogP contribution in [0.2, 0.25) is 0 Å². The van der Waals surface area contributed by atoms with Crippen LogP contribution in [0.3, 0.4) is 0 Å². The summed E-state index contributed by atoms with van der Waals surface area (Å²) >= 11 is 1.15. The zero-order chi connectivity index (χ0) is 22.1. The molecule has 1 amide bonds. The number of esters is 1. The summed E-state index contributed by atoms with van der Waals surface area (Å²) in [5.74, 6) is -0.907. The Morgan fingerprint density at radius 1 is 1.10 bits per heavy atom. The summed E-state index contributed by atoms with van der Waals surface area (Å²) in [4.78, 5) is 29.6. The molecule has 0 aliphatic heterocycles. The molecule has 0 radical (unpaired) electrons. The molecule has 0 N–H and O–H groups in total. The maximum atomic E-state index is 12.8. The molecular weight excluding hydrogens is 424 g/mol. The van der Waals surface area contributed by atoms with Crippen molar-refractivity contribution in [3.8, 4) is 0 Å². The molecule has 3 aromatic rings. The molecular formula is C21H22N2O5S2. The number of aromatic nitrogens is 1.